The molecule has 0 aliphatic rings. The van der Waals surface area contributed by atoms with Gasteiger partial charge in [0, 0.05) is 17.5 Å². The van der Waals surface area contributed by atoms with Crippen molar-refractivity contribution >= 4 is 11.8 Å². The maximum atomic E-state index is 3.58. The molecule has 16 heavy (non-hydrogen) atoms. The number of hydrogen-bond acceptors (Lipinski definition) is 2. The van der Waals surface area contributed by atoms with Crippen LogP contribution in [0.5, 0.6) is 0 Å². The number of aryl methyl sites for hydroxylation is 1. The molecule has 0 saturated heterocycles. The summed E-state index contributed by atoms with van der Waals surface area (Å²) in [4.78, 5) is 1.39. The second-order valence-electron chi connectivity index (χ2n) is 4.73. The summed E-state index contributed by atoms with van der Waals surface area (Å²) in [6.07, 6.45) is 2.14. The number of rotatable bonds is 5. The van der Waals surface area contributed by atoms with E-state index in [-0.39, 0.29) is 0 Å². The molecule has 1 atom stereocenters. The minimum absolute atomic E-state index is 0.566. The van der Waals surface area contributed by atoms with Gasteiger partial charge < -0.3 is 5.32 Å². The van der Waals surface area contributed by atoms with E-state index >= 15 is 0 Å². The first-order chi connectivity index (χ1) is 7.54. The topological polar surface area (TPSA) is 12.0 Å². The summed E-state index contributed by atoms with van der Waals surface area (Å²) >= 11 is 1.83. The third kappa shape index (κ3) is 3.84. The van der Waals surface area contributed by atoms with Crippen molar-refractivity contribution in [3.63, 3.8) is 0 Å². The zero-order valence-corrected chi connectivity index (χ0v) is 11.8. The number of thioether (sulfide) groups is 1. The van der Waals surface area contributed by atoms with E-state index in [1.165, 1.54) is 16.0 Å². The fourth-order valence-electron chi connectivity index (χ4n) is 1.50. The van der Waals surface area contributed by atoms with E-state index in [0.29, 0.717) is 12.0 Å². The lowest BCUT2D eigenvalue weighted by Crippen LogP contribution is -2.30. The molecule has 0 aliphatic carbocycles. The Morgan fingerprint density at radius 1 is 1.25 bits per heavy atom. The van der Waals surface area contributed by atoms with Gasteiger partial charge in [-0.2, -0.15) is 0 Å². The number of hydrogen-bond donors (Lipinski definition) is 1. The Morgan fingerprint density at radius 2 is 1.94 bits per heavy atom. The molecule has 1 aromatic rings. The molecule has 0 fully saturated rings. The van der Waals surface area contributed by atoms with Gasteiger partial charge in [0.2, 0.25) is 0 Å². The fourth-order valence-corrected chi connectivity index (χ4v) is 2.21. The SMILES string of the molecule is CSc1cc(C)ccc1CNC(C)C(C)C. The second kappa shape index (κ2) is 6.31. The Labute approximate surface area is 104 Å². The van der Waals surface area contributed by atoms with Crippen molar-refractivity contribution < 1.29 is 0 Å². The number of nitrogens with one attached hydrogen (secondary N) is 1. The van der Waals surface area contributed by atoms with Crippen molar-refractivity contribution in [3.05, 3.63) is 29.3 Å². The van der Waals surface area contributed by atoms with Crippen LogP contribution >= 0.6 is 11.8 Å². The highest BCUT2D eigenvalue weighted by Gasteiger charge is 2.07. The molecular weight excluding hydrogens is 214 g/mol. The van der Waals surface area contributed by atoms with Crippen molar-refractivity contribution in [2.24, 2.45) is 5.92 Å². The molecule has 90 valence electrons. The van der Waals surface area contributed by atoms with E-state index in [9.17, 15) is 0 Å². The summed E-state index contributed by atoms with van der Waals surface area (Å²) in [6.45, 7) is 9.87. The first-order valence-corrected chi connectivity index (χ1v) is 7.14. The van der Waals surface area contributed by atoms with E-state index in [1.807, 2.05) is 11.8 Å². The number of benzene rings is 1. The van der Waals surface area contributed by atoms with Gasteiger partial charge >= 0.3 is 0 Å². The molecule has 0 heterocycles. The maximum absolute atomic E-state index is 3.58. The predicted molar refractivity (Wildman–Crippen MR) is 74.1 cm³/mol. The molecule has 1 N–H and O–H groups in total. The lowest BCUT2D eigenvalue weighted by molar-refractivity contribution is 0.425. The molecule has 2 heteroatoms. The summed E-state index contributed by atoms with van der Waals surface area (Å²) < 4.78 is 0. The highest BCUT2D eigenvalue weighted by Crippen LogP contribution is 2.21. The second-order valence-corrected chi connectivity index (χ2v) is 5.58. The fraction of sp³-hybridized carbons (Fsp3) is 0.571. The molecular formula is C14H23NS. The van der Waals surface area contributed by atoms with Crippen molar-refractivity contribution in [2.45, 2.75) is 45.2 Å². The molecule has 1 unspecified atom stereocenters. The van der Waals surface area contributed by atoms with Crippen LogP contribution < -0.4 is 5.32 Å². The standard InChI is InChI=1S/C14H23NS/c1-10(2)12(4)15-9-13-7-6-11(3)8-14(13)16-5/h6-8,10,12,15H,9H2,1-5H3. The third-order valence-corrected chi connectivity index (χ3v) is 3.88. The van der Waals surface area contributed by atoms with Crippen LogP contribution in [0.3, 0.4) is 0 Å². The lowest BCUT2D eigenvalue weighted by atomic mass is 10.1. The highest BCUT2D eigenvalue weighted by molar-refractivity contribution is 7.98. The molecule has 0 aromatic heterocycles. The van der Waals surface area contributed by atoms with Gasteiger partial charge in [0.25, 0.3) is 0 Å². The Morgan fingerprint density at radius 3 is 2.50 bits per heavy atom. The van der Waals surface area contributed by atoms with Gasteiger partial charge in [0.05, 0.1) is 0 Å². The monoisotopic (exact) mass is 237 g/mol. The van der Waals surface area contributed by atoms with Gasteiger partial charge in [-0.15, -0.1) is 11.8 Å². The van der Waals surface area contributed by atoms with Crippen LogP contribution in [0.4, 0.5) is 0 Å². The molecule has 0 bridgehead atoms. The molecule has 1 rings (SSSR count). The van der Waals surface area contributed by atoms with Crippen molar-refractivity contribution in [2.75, 3.05) is 6.26 Å². The van der Waals surface area contributed by atoms with Crippen LogP contribution in [0.2, 0.25) is 0 Å². The van der Waals surface area contributed by atoms with E-state index in [4.69, 9.17) is 0 Å². The summed E-state index contributed by atoms with van der Waals surface area (Å²) in [6, 6.07) is 7.26. The van der Waals surface area contributed by atoms with Gasteiger partial charge in [0.15, 0.2) is 0 Å². The Balaban J connectivity index is 2.66. The molecule has 0 aliphatic heterocycles. The van der Waals surface area contributed by atoms with E-state index in [1.54, 1.807) is 0 Å². The maximum Gasteiger partial charge on any atom is 0.0219 e. The average molecular weight is 237 g/mol. The molecule has 0 radical (unpaired) electrons. The summed E-state index contributed by atoms with van der Waals surface area (Å²) in [5, 5.41) is 3.58. The van der Waals surface area contributed by atoms with Crippen molar-refractivity contribution in [1.82, 2.24) is 5.32 Å². The Bertz CT molecular complexity index is 334. The van der Waals surface area contributed by atoms with E-state index in [0.717, 1.165) is 6.54 Å². The summed E-state index contributed by atoms with van der Waals surface area (Å²) in [5.74, 6) is 0.683. The third-order valence-electron chi connectivity index (χ3n) is 3.06. The normalized spacial score (nSPS) is 13.1. The quantitative estimate of drug-likeness (QED) is 0.781. The van der Waals surface area contributed by atoms with Gasteiger partial charge in [-0.3, -0.25) is 0 Å². The van der Waals surface area contributed by atoms with Crippen LogP contribution in [0.1, 0.15) is 31.9 Å². The highest BCUT2D eigenvalue weighted by atomic mass is 32.2. The largest absolute Gasteiger partial charge is 0.310 e. The summed E-state index contributed by atoms with van der Waals surface area (Å²) in [7, 11) is 0. The van der Waals surface area contributed by atoms with E-state index < -0.39 is 0 Å². The first kappa shape index (κ1) is 13.6. The molecule has 0 saturated carbocycles. The average Bonchev–Trinajstić information content (AvgIpc) is 2.26. The van der Waals surface area contributed by atoms with Gasteiger partial charge in [-0.05, 0) is 43.2 Å². The lowest BCUT2D eigenvalue weighted by Gasteiger charge is -2.18. The minimum atomic E-state index is 0.566. The van der Waals surface area contributed by atoms with Crippen molar-refractivity contribution in [1.29, 1.82) is 0 Å². The van der Waals surface area contributed by atoms with Gasteiger partial charge in [0.1, 0.15) is 0 Å². The zero-order chi connectivity index (χ0) is 12.1. The van der Waals surface area contributed by atoms with Crippen LogP contribution in [-0.2, 0) is 6.54 Å². The molecule has 1 aromatic carbocycles. The smallest absolute Gasteiger partial charge is 0.0219 e. The molecule has 0 spiro atoms. The van der Waals surface area contributed by atoms with Gasteiger partial charge in [-0.25, -0.2) is 0 Å². The first-order valence-electron chi connectivity index (χ1n) is 5.91. The minimum Gasteiger partial charge on any atom is -0.310 e. The van der Waals surface area contributed by atoms with Crippen molar-refractivity contribution in [3.8, 4) is 0 Å². The van der Waals surface area contributed by atoms with Crippen LogP contribution in [0.15, 0.2) is 23.1 Å². The predicted octanol–water partition coefficient (Wildman–Crippen LogP) is 3.85. The Hall–Kier alpha value is -0.470. The zero-order valence-electron chi connectivity index (χ0n) is 11.0. The molecule has 1 nitrogen and oxygen atoms in total. The van der Waals surface area contributed by atoms with Crippen LogP contribution in [0.25, 0.3) is 0 Å². The van der Waals surface area contributed by atoms with Crippen LogP contribution in [0, 0.1) is 12.8 Å². The summed E-state index contributed by atoms with van der Waals surface area (Å²) in [5.41, 5.74) is 2.75. The van der Waals surface area contributed by atoms with E-state index in [2.05, 4.69) is 57.5 Å². The van der Waals surface area contributed by atoms with Gasteiger partial charge in [-0.1, -0.05) is 26.0 Å². The van der Waals surface area contributed by atoms with Crippen LogP contribution in [-0.4, -0.2) is 12.3 Å². The molecule has 0 amide bonds. The Kier molecular flexibility index (Phi) is 5.36.